The molecular weight excluding hydrogens is 194 g/mol. The van der Waals surface area contributed by atoms with Crippen LogP contribution >= 0.6 is 0 Å². The normalized spacial score (nSPS) is 12.8. The second-order valence-electron chi connectivity index (χ2n) is 4.42. The van der Waals surface area contributed by atoms with Crippen LogP contribution in [0.15, 0.2) is 18.2 Å². The third kappa shape index (κ3) is 3.34. The molecule has 0 radical (unpaired) electrons. The summed E-state index contributed by atoms with van der Waals surface area (Å²) in [7, 11) is 0. The summed E-state index contributed by atoms with van der Waals surface area (Å²) in [6.07, 6.45) is 3.44. The summed E-state index contributed by atoms with van der Waals surface area (Å²) in [5.74, 6) is 0. The summed E-state index contributed by atoms with van der Waals surface area (Å²) >= 11 is 0. The fraction of sp³-hybridized carbons (Fsp3) is 0.600. The molecule has 90 valence electrons. The average molecular weight is 219 g/mol. The first kappa shape index (κ1) is 13.2. The lowest BCUT2D eigenvalue weighted by atomic mass is 9.96. The van der Waals surface area contributed by atoms with Crippen molar-refractivity contribution in [1.29, 1.82) is 0 Å². The molecule has 0 spiro atoms. The monoisotopic (exact) mass is 219 g/mol. The van der Waals surface area contributed by atoms with Crippen molar-refractivity contribution in [3.8, 4) is 0 Å². The number of benzene rings is 1. The van der Waals surface area contributed by atoms with Gasteiger partial charge in [-0.2, -0.15) is 0 Å². The molecule has 0 amide bonds. The van der Waals surface area contributed by atoms with Crippen LogP contribution in [0.2, 0.25) is 0 Å². The highest BCUT2D eigenvalue weighted by atomic mass is 14.9. The zero-order valence-electron chi connectivity index (χ0n) is 11.1. The van der Waals surface area contributed by atoms with E-state index in [1.165, 1.54) is 23.1 Å². The molecule has 1 rings (SSSR count). The van der Waals surface area contributed by atoms with Gasteiger partial charge >= 0.3 is 0 Å². The number of aryl methyl sites for hydroxylation is 2. The number of hydrogen-bond acceptors (Lipinski definition) is 1. The maximum atomic E-state index is 3.57. The number of rotatable bonds is 6. The highest BCUT2D eigenvalue weighted by molar-refractivity contribution is 5.34. The van der Waals surface area contributed by atoms with Crippen molar-refractivity contribution in [1.82, 2.24) is 5.32 Å². The minimum Gasteiger partial charge on any atom is -0.310 e. The van der Waals surface area contributed by atoms with Gasteiger partial charge in [-0.05, 0) is 49.4 Å². The fourth-order valence-electron chi connectivity index (χ4n) is 2.06. The van der Waals surface area contributed by atoms with E-state index in [-0.39, 0.29) is 0 Å². The van der Waals surface area contributed by atoms with Crippen molar-refractivity contribution in [2.24, 2.45) is 0 Å². The molecule has 0 saturated heterocycles. The van der Waals surface area contributed by atoms with Crippen LogP contribution in [0.25, 0.3) is 0 Å². The first-order chi connectivity index (χ1) is 7.72. The molecule has 0 aliphatic rings. The molecule has 1 nitrogen and oxygen atoms in total. The Hall–Kier alpha value is -0.820. The van der Waals surface area contributed by atoms with Crippen LogP contribution in [-0.2, 0) is 12.8 Å². The second-order valence-corrected chi connectivity index (χ2v) is 4.42. The lowest BCUT2D eigenvalue weighted by Crippen LogP contribution is -2.20. The topological polar surface area (TPSA) is 12.0 Å². The molecule has 1 atom stereocenters. The van der Waals surface area contributed by atoms with E-state index >= 15 is 0 Å². The van der Waals surface area contributed by atoms with E-state index in [1.54, 1.807) is 0 Å². The lowest BCUT2D eigenvalue weighted by molar-refractivity contribution is 0.566. The van der Waals surface area contributed by atoms with Crippen molar-refractivity contribution in [3.05, 3.63) is 34.9 Å². The fourth-order valence-corrected chi connectivity index (χ4v) is 2.06. The number of hydrogen-bond donors (Lipinski definition) is 1. The van der Waals surface area contributed by atoms with Crippen molar-refractivity contribution in [2.75, 3.05) is 6.54 Å². The summed E-state index contributed by atoms with van der Waals surface area (Å²) in [4.78, 5) is 0. The lowest BCUT2D eigenvalue weighted by Gasteiger charge is -2.18. The predicted molar refractivity (Wildman–Crippen MR) is 71.9 cm³/mol. The zero-order chi connectivity index (χ0) is 12.0. The van der Waals surface area contributed by atoms with Gasteiger partial charge in [0.05, 0.1) is 0 Å². The predicted octanol–water partition coefficient (Wildman–Crippen LogP) is 3.87. The Labute approximate surface area is 100 Å². The summed E-state index contributed by atoms with van der Waals surface area (Å²) in [6, 6.07) is 7.39. The largest absolute Gasteiger partial charge is 0.310 e. The summed E-state index contributed by atoms with van der Waals surface area (Å²) < 4.78 is 0. The van der Waals surface area contributed by atoms with Gasteiger partial charge in [0, 0.05) is 6.04 Å². The first-order valence-corrected chi connectivity index (χ1v) is 6.57. The van der Waals surface area contributed by atoms with Gasteiger partial charge in [0.2, 0.25) is 0 Å². The van der Waals surface area contributed by atoms with Gasteiger partial charge in [0.25, 0.3) is 0 Å². The van der Waals surface area contributed by atoms with Crippen LogP contribution in [0.4, 0.5) is 0 Å². The van der Waals surface area contributed by atoms with Crippen LogP contribution in [0.5, 0.6) is 0 Å². The van der Waals surface area contributed by atoms with E-state index in [0.717, 1.165) is 19.4 Å². The molecule has 0 aromatic heterocycles. The average Bonchev–Trinajstić information content (AvgIpc) is 2.35. The molecule has 1 aromatic carbocycles. The third-order valence-corrected chi connectivity index (χ3v) is 3.17. The zero-order valence-corrected chi connectivity index (χ0v) is 11.1. The molecule has 16 heavy (non-hydrogen) atoms. The third-order valence-electron chi connectivity index (χ3n) is 3.17. The van der Waals surface area contributed by atoms with E-state index < -0.39 is 0 Å². The SMILES string of the molecule is CCCNC(C)c1cc(CC)ccc1CC. The highest BCUT2D eigenvalue weighted by Crippen LogP contribution is 2.20. The van der Waals surface area contributed by atoms with Crippen LogP contribution in [0.3, 0.4) is 0 Å². The highest BCUT2D eigenvalue weighted by Gasteiger charge is 2.09. The van der Waals surface area contributed by atoms with Crippen molar-refractivity contribution >= 4 is 0 Å². The van der Waals surface area contributed by atoms with Crippen LogP contribution in [-0.4, -0.2) is 6.54 Å². The van der Waals surface area contributed by atoms with Gasteiger partial charge in [0.1, 0.15) is 0 Å². The van der Waals surface area contributed by atoms with E-state index in [2.05, 4.69) is 51.2 Å². The van der Waals surface area contributed by atoms with Crippen molar-refractivity contribution < 1.29 is 0 Å². The molecule has 0 fully saturated rings. The van der Waals surface area contributed by atoms with Crippen LogP contribution in [0, 0.1) is 0 Å². The smallest absolute Gasteiger partial charge is 0.0294 e. The maximum absolute atomic E-state index is 3.57. The summed E-state index contributed by atoms with van der Waals surface area (Å²) in [6.45, 7) is 10.0. The van der Waals surface area contributed by atoms with Gasteiger partial charge in [-0.1, -0.05) is 39.0 Å². The van der Waals surface area contributed by atoms with Crippen molar-refractivity contribution in [2.45, 2.75) is 53.0 Å². The van der Waals surface area contributed by atoms with Gasteiger partial charge in [0.15, 0.2) is 0 Å². The van der Waals surface area contributed by atoms with Gasteiger partial charge < -0.3 is 5.32 Å². The molecule has 0 heterocycles. The Bertz CT molecular complexity index is 317. The van der Waals surface area contributed by atoms with Gasteiger partial charge in [-0.15, -0.1) is 0 Å². The van der Waals surface area contributed by atoms with E-state index in [4.69, 9.17) is 0 Å². The Morgan fingerprint density at radius 1 is 1.12 bits per heavy atom. The van der Waals surface area contributed by atoms with Crippen molar-refractivity contribution in [3.63, 3.8) is 0 Å². The van der Waals surface area contributed by atoms with Crippen LogP contribution in [0.1, 0.15) is 56.8 Å². The van der Waals surface area contributed by atoms with E-state index in [9.17, 15) is 0 Å². The van der Waals surface area contributed by atoms with E-state index in [1.807, 2.05) is 0 Å². The molecule has 1 unspecified atom stereocenters. The number of nitrogens with one attached hydrogen (secondary N) is 1. The van der Waals surface area contributed by atoms with Crippen LogP contribution < -0.4 is 5.32 Å². The minimum absolute atomic E-state index is 0.474. The molecule has 1 N–H and O–H groups in total. The molecule has 1 heteroatoms. The molecule has 0 bridgehead atoms. The summed E-state index contributed by atoms with van der Waals surface area (Å²) in [5.41, 5.74) is 4.40. The molecule has 0 aliphatic heterocycles. The Balaban J connectivity index is 2.89. The first-order valence-electron chi connectivity index (χ1n) is 6.57. The molecule has 0 aliphatic carbocycles. The summed E-state index contributed by atoms with van der Waals surface area (Å²) in [5, 5.41) is 3.57. The Kier molecular flexibility index (Phi) is 5.54. The van der Waals surface area contributed by atoms with E-state index in [0.29, 0.717) is 6.04 Å². The maximum Gasteiger partial charge on any atom is 0.0294 e. The Morgan fingerprint density at radius 3 is 2.44 bits per heavy atom. The van der Waals surface area contributed by atoms with Gasteiger partial charge in [-0.3, -0.25) is 0 Å². The minimum atomic E-state index is 0.474. The Morgan fingerprint density at radius 2 is 1.88 bits per heavy atom. The second kappa shape index (κ2) is 6.70. The molecule has 0 saturated carbocycles. The standard InChI is InChI=1S/C15H25N/c1-5-10-16-12(4)15-11-13(6-2)8-9-14(15)7-3/h8-9,11-12,16H,5-7,10H2,1-4H3. The molecular formula is C15H25N. The van der Waals surface area contributed by atoms with Gasteiger partial charge in [-0.25, -0.2) is 0 Å². The molecule has 1 aromatic rings. The quantitative estimate of drug-likeness (QED) is 0.766.